The van der Waals surface area contributed by atoms with Gasteiger partial charge in [-0.05, 0) is 22.6 Å². The first-order valence-corrected chi connectivity index (χ1v) is 7.33. The van der Waals surface area contributed by atoms with Gasteiger partial charge in [-0.15, -0.1) is 0 Å². The molecule has 0 amide bonds. The van der Waals surface area contributed by atoms with Crippen LogP contribution in [0.4, 0.5) is 13.2 Å². The number of halogens is 3. The second kappa shape index (κ2) is 6.31. The number of hydrogen-bond acceptors (Lipinski definition) is 3. The third-order valence-electron chi connectivity index (χ3n) is 3.52. The fourth-order valence-corrected chi connectivity index (χ4v) is 2.54. The average molecular weight is 326 g/mol. The highest BCUT2D eigenvalue weighted by Crippen LogP contribution is 2.30. The molecule has 4 nitrogen and oxygen atoms in total. The highest BCUT2D eigenvalue weighted by Gasteiger charge is 2.36. The Labute approximate surface area is 133 Å². The van der Waals surface area contributed by atoms with E-state index >= 15 is 0 Å². The molecule has 2 heterocycles. The van der Waals surface area contributed by atoms with E-state index in [-0.39, 0.29) is 17.5 Å². The van der Waals surface area contributed by atoms with Crippen molar-refractivity contribution in [2.75, 3.05) is 0 Å². The van der Waals surface area contributed by atoms with Crippen LogP contribution in [0, 0.1) is 0 Å². The van der Waals surface area contributed by atoms with Gasteiger partial charge in [0.15, 0.2) is 5.69 Å². The highest BCUT2D eigenvalue weighted by atomic mass is 19.4. The van der Waals surface area contributed by atoms with Crippen molar-refractivity contribution in [2.24, 2.45) is 7.05 Å². The summed E-state index contributed by atoms with van der Waals surface area (Å²) in [4.78, 5) is 4.11. The van der Waals surface area contributed by atoms with Crippen molar-refractivity contribution in [1.82, 2.24) is 20.1 Å². The lowest BCUT2D eigenvalue weighted by atomic mass is 9.85. The maximum Gasteiger partial charge on any atom is 0.435 e. The number of alkyl halides is 3. The molecule has 2 rings (SSSR count). The van der Waals surface area contributed by atoms with Crippen molar-refractivity contribution < 1.29 is 13.2 Å². The van der Waals surface area contributed by atoms with E-state index in [1.165, 1.54) is 17.9 Å². The van der Waals surface area contributed by atoms with Gasteiger partial charge in [-0.1, -0.05) is 20.8 Å². The minimum absolute atomic E-state index is 0.0502. The Balaban J connectivity index is 2.10. The fraction of sp³-hybridized carbons (Fsp3) is 0.500. The van der Waals surface area contributed by atoms with Crippen LogP contribution >= 0.6 is 0 Å². The Morgan fingerprint density at radius 3 is 2.39 bits per heavy atom. The molecule has 7 heteroatoms. The standard InChI is InChI=1S/C16H21F3N4/c1-15(2,3)13-5-6-20-7-11(13)8-21-9-12-10-23(4)22-14(12)16(17,18)19/h5-7,10,21H,8-9H2,1-4H3. The van der Waals surface area contributed by atoms with E-state index in [0.717, 1.165) is 11.1 Å². The van der Waals surface area contributed by atoms with Gasteiger partial charge >= 0.3 is 6.18 Å². The predicted octanol–water partition coefficient (Wildman–Crippen LogP) is 3.42. The summed E-state index contributed by atoms with van der Waals surface area (Å²) in [6, 6.07) is 1.95. The van der Waals surface area contributed by atoms with E-state index in [0.29, 0.717) is 6.54 Å². The molecule has 0 aromatic carbocycles. The molecule has 126 valence electrons. The second-order valence-corrected chi connectivity index (χ2v) is 6.56. The minimum Gasteiger partial charge on any atom is -0.308 e. The molecule has 0 aliphatic heterocycles. The van der Waals surface area contributed by atoms with Crippen LogP contribution in [0.25, 0.3) is 0 Å². The Kier molecular flexibility index (Phi) is 4.79. The Bertz CT molecular complexity index is 669. The molecule has 0 atom stereocenters. The first kappa shape index (κ1) is 17.5. The van der Waals surface area contributed by atoms with Crippen LogP contribution in [0.1, 0.15) is 43.2 Å². The van der Waals surface area contributed by atoms with E-state index in [9.17, 15) is 13.2 Å². The molecule has 0 saturated carbocycles. The zero-order valence-electron chi connectivity index (χ0n) is 13.7. The third kappa shape index (κ3) is 4.31. The molecular formula is C16H21F3N4. The van der Waals surface area contributed by atoms with Crippen LogP contribution in [-0.2, 0) is 31.7 Å². The summed E-state index contributed by atoms with van der Waals surface area (Å²) in [6.07, 6.45) is 0.432. The Morgan fingerprint density at radius 2 is 1.78 bits per heavy atom. The largest absolute Gasteiger partial charge is 0.435 e. The van der Waals surface area contributed by atoms with Crippen molar-refractivity contribution >= 4 is 0 Å². The van der Waals surface area contributed by atoms with Gasteiger partial charge in [0.05, 0.1) is 0 Å². The molecule has 0 aliphatic carbocycles. The monoisotopic (exact) mass is 326 g/mol. The maximum absolute atomic E-state index is 12.9. The normalized spacial score (nSPS) is 12.7. The molecule has 0 spiro atoms. The van der Waals surface area contributed by atoms with Crippen LogP contribution < -0.4 is 5.32 Å². The summed E-state index contributed by atoms with van der Waals surface area (Å²) in [5.74, 6) is 0. The van der Waals surface area contributed by atoms with Gasteiger partial charge in [0.2, 0.25) is 0 Å². The average Bonchev–Trinajstić information content (AvgIpc) is 2.79. The third-order valence-corrected chi connectivity index (χ3v) is 3.52. The van der Waals surface area contributed by atoms with Crippen LogP contribution in [0.5, 0.6) is 0 Å². The quantitative estimate of drug-likeness (QED) is 0.936. The van der Waals surface area contributed by atoms with Crippen molar-refractivity contribution in [3.05, 3.63) is 47.0 Å². The van der Waals surface area contributed by atoms with Gasteiger partial charge in [0.25, 0.3) is 0 Å². The zero-order valence-corrected chi connectivity index (χ0v) is 13.7. The number of rotatable bonds is 4. The van der Waals surface area contributed by atoms with Crippen molar-refractivity contribution in [3.8, 4) is 0 Å². The van der Waals surface area contributed by atoms with Crippen molar-refractivity contribution in [2.45, 2.75) is 45.5 Å². The van der Waals surface area contributed by atoms with Crippen LogP contribution in [-0.4, -0.2) is 14.8 Å². The number of nitrogens with zero attached hydrogens (tertiary/aromatic N) is 3. The number of aromatic nitrogens is 3. The zero-order chi connectivity index (χ0) is 17.3. The highest BCUT2D eigenvalue weighted by molar-refractivity contribution is 5.30. The summed E-state index contributed by atoms with van der Waals surface area (Å²) in [6.45, 7) is 6.83. The van der Waals surface area contributed by atoms with E-state index in [1.807, 2.05) is 6.07 Å². The molecule has 2 aromatic heterocycles. The Morgan fingerprint density at radius 1 is 1.13 bits per heavy atom. The lowest BCUT2D eigenvalue weighted by Crippen LogP contribution is -2.20. The number of nitrogens with one attached hydrogen (secondary N) is 1. The number of pyridine rings is 1. The smallest absolute Gasteiger partial charge is 0.308 e. The topological polar surface area (TPSA) is 42.7 Å². The van der Waals surface area contributed by atoms with E-state index < -0.39 is 11.9 Å². The van der Waals surface area contributed by atoms with Gasteiger partial charge in [-0.2, -0.15) is 18.3 Å². The lowest BCUT2D eigenvalue weighted by Gasteiger charge is -2.22. The summed E-state index contributed by atoms with van der Waals surface area (Å²) in [7, 11) is 1.48. The minimum atomic E-state index is -4.44. The first-order chi connectivity index (χ1) is 10.6. The first-order valence-electron chi connectivity index (χ1n) is 7.33. The summed E-state index contributed by atoms with van der Waals surface area (Å²) >= 11 is 0. The molecular weight excluding hydrogens is 305 g/mol. The summed E-state index contributed by atoms with van der Waals surface area (Å²) in [5.41, 5.74) is 1.36. The molecule has 0 unspecified atom stereocenters. The van der Waals surface area contributed by atoms with Crippen LogP contribution in [0.3, 0.4) is 0 Å². The van der Waals surface area contributed by atoms with Gasteiger partial charge < -0.3 is 5.32 Å². The molecule has 0 aliphatic rings. The summed E-state index contributed by atoms with van der Waals surface area (Å²) < 4.78 is 39.9. The Hall–Kier alpha value is -1.89. The van der Waals surface area contributed by atoms with Crippen LogP contribution in [0.15, 0.2) is 24.7 Å². The van der Waals surface area contributed by atoms with Crippen molar-refractivity contribution in [1.29, 1.82) is 0 Å². The van der Waals surface area contributed by atoms with Crippen molar-refractivity contribution in [3.63, 3.8) is 0 Å². The molecule has 0 radical (unpaired) electrons. The van der Waals surface area contributed by atoms with E-state index in [4.69, 9.17) is 0 Å². The van der Waals surface area contributed by atoms with Gasteiger partial charge in [-0.3, -0.25) is 9.67 Å². The molecule has 23 heavy (non-hydrogen) atoms. The molecule has 0 fully saturated rings. The van der Waals surface area contributed by atoms with Gasteiger partial charge in [0, 0.05) is 44.3 Å². The van der Waals surface area contributed by atoms with Gasteiger partial charge in [-0.25, -0.2) is 0 Å². The molecule has 0 saturated heterocycles. The number of aryl methyl sites for hydroxylation is 1. The predicted molar refractivity (Wildman–Crippen MR) is 81.7 cm³/mol. The van der Waals surface area contributed by atoms with Crippen LogP contribution in [0.2, 0.25) is 0 Å². The van der Waals surface area contributed by atoms with Gasteiger partial charge in [0.1, 0.15) is 0 Å². The molecule has 2 aromatic rings. The second-order valence-electron chi connectivity index (χ2n) is 6.56. The maximum atomic E-state index is 12.9. The molecule has 0 bridgehead atoms. The molecule has 1 N–H and O–H groups in total. The van der Waals surface area contributed by atoms with E-state index in [1.54, 1.807) is 12.4 Å². The number of hydrogen-bond donors (Lipinski definition) is 1. The fourth-order valence-electron chi connectivity index (χ4n) is 2.54. The summed E-state index contributed by atoms with van der Waals surface area (Å²) in [5, 5.41) is 6.57. The SMILES string of the molecule is Cn1cc(CNCc2cnccc2C(C)(C)C)c(C(F)(F)F)n1. The lowest BCUT2D eigenvalue weighted by molar-refractivity contribution is -0.142. The van der Waals surface area contributed by atoms with E-state index in [2.05, 4.69) is 36.2 Å².